The third kappa shape index (κ3) is 4.29. The van der Waals surface area contributed by atoms with Crippen molar-refractivity contribution in [1.82, 2.24) is 5.32 Å². The first-order valence-electron chi connectivity index (χ1n) is 9.86. The molecule has 29 heavy (non-hydrogen) atoms. The van der Waals surface area contributed by atoms with E-state index in [-0.39, 0.29) is 24.2 Å². The maximum absolute atomic E-state index is 12.6. The van der Waals surface area contributed by atoms with E-state index in [1.807, 2.05) is 55.6 Å². The number of carbonyl (C=O) groups is 2. The van der Waals surface area contributed by atoms with E-state index in [2.05, 4.69) is 10.2 Å². The molecular formula is C22H25N3O4. The third-order valence-electron chi connectivity index (χ3n) is 5.28. The summed E-state index contributed by atoms with van der Waals surface area (Å²) < 4.78 is 11.1. The van der Waals surface area contributed by atoms with Crippen LogP contribution >= 0.6 is 0 Å². The number of rotatable bonds is 6. The molecule has 0 bridgehead atoms. The summed E-state index contributed by atoms with van der Waals surface area (Å²) in [6, 6.07) is 15.5. The zero-order valence-electron chi connectivity index (χ0n) is 16.5. The first-order valence-corrected chi connectivity index (χ1v) is 9.86. The molecule has 1 saturated heterocycles. The summed E-state index contributed by atoms with van der Waals surface area (Å²) in [4.78, 5) is 28.8. The molecule has 0 saturated carbocycles. The van der Waals surface area contributed by atoms with Crippen LogP contribution in [0.5, 0.6) is 11.5 Å². The molecule has 0 aliphatic carbocycles. The van der Waals surface area contributed by atoms with Gasteiger partial charge in [0.15, 0.2) is 11.5 Å². The van der Waals surface area contributed by atoms with Crippen LogP contribution in [-0.4, -0.2) is 51.7 Å². The third-order valence-corrected chi connectivity index (χ3v) is 5.28. The lowest BCUT2D eigenvalue weighted by atomic mass is 10.1. The number of amides is 2. The summed E-state index contributed by atoms with van der Waals surface area (Å²) >= 11 is 0. The highest BCUT2D eigenvalue weighted by molar-refractivity contribution is 6.00. The van der Waals surface area contributed by atoms with Gasteiger partial charge in [-0.1, -0.05) is 18.2 Å². The largest absolute Gasteiger partial charge is 0.486 e. The number of ether oxygens (including phenoxy) is 2. The minimum absolute atomic E-state index is 0.0526. The van der Waals surface area contributed by atoms with E-state index in [9.17, 15) is 9.59 Å². The van der Waals surface area contributed by atoms with Crippen molar-refractivity contribution in [3.63, 3.8) is 0 Å². The molecule has 2 aromatic carbocycles. The quantitative estimate of drug-likeness (QED) is 0.811. The minimum atomic E-state index is -0.349. The Morgan fingerprint density at radius 3 is 2.69 bits per heavy atom. The zero-order chi connectivity index (χ0) is 20.2. The molecule has 1 N–H and O–H groups in total. The molecule has 7 nitrogen and oxygen atoms in total. The van der Waals surface area contributed by atoms with Gasteiger partial charge in [0.2, 0.25) is 11.8 Å². The van der Waals surface area contributed by atoms with Gasteiger partial charge in [-0.2, -0.15) is 0 Å². The molecule has 2 heterocycles. The lowest BCUT2D eigenvalue weighted by Gasteiger charge is -2.22. The molecule has 0 unspecified atom stereocenters. The Morgan fingerprint density at radius 2 is 1.90 bits per heavy atom. The zero-order valence-corrected chi connectivity index (χ0v) is 16.5. The number of hydrogen-bond acceptors (Lipinski definition) is 5. The Labute approximate surface area is 170 Å². The summed E-state index contributed by atoms with van der Waals surface area (Å²) in [6.07, 6.45) is 0.217. The van der Waals surface area contributed by atoms with Crippen LogP contribution in [0.25, 0.3) is 0 Å². The van der Waals surface area contributed by atoms with E-state index < -0.39 is 0 Å². The number of nitrogens with one attached hydrogen (secondary N) is 1. The summed E-state index contributed by atoms with van der Waals surface area (Å²) in [5.74, 6) is 0.836. The lowest BCUT2D eigenvalue weighted by molar-refractivity contribution is -0.126. The molecule has 7 heteroatoms. The topological polar surface area (TPSA) is 71.1 Å². The number of hydrogen-bond donors (Lipinski definition) is 1. The molecule has 4 rings (SSSR count). The number of anilines is 2. The fourth-order valence-electron chi connectivity index (χ4n) is 3.64. The molecule has 2 aromatic rings. The molecule has 2 aliphatic heterocycles. The van der Waals surface area contributed by atoms with Crippen LogP contribution in [0.15, 0.2) is 48.5 Å². The first kappa shape index (κ1) is 19.1. The molecule has 1 atom stereocenters. The van der Waals surface area contributed by atoms with Gasteiger partial charge in [0.25, 0.3) is 0 Å². The number of carbonyl (C=O) groups excluding carboxylic acids is 2. The van der Waals surface area contributed by atoms with Crippen LogP contribution < -0.4 is 24.6 Å². The fraction of sp³-hybridized carbons (Fsp3) is 0.364. The van der Waals surface area contributed by atoms with Gasteiger partial charge in [-0.05, 0) is 24.3 Å². The monoisotopic (exact) mass is 395 g/mol. The number of nitrogens with zero attached hydrogens (tertiary/aromatic N) is 2. The van der Waals surface area contributed by atoms with Crippen LogP contribution in [0, 0.1) is 5.92 Å². The molecule has 152 valence electrons. The molecule has 0 spiro atoms. The molecule has 1 fully saturated rings. The summed E-state index contributed by atoms with van der Waals surface area (Å²) in [6.45, 7) is 2.61. The summed E-state index contributed by atoms with van der Waals surface area (Å²) in [5.41, 5.74) is 1.83. The van der Waals surface area contributed by atoms with Crippen LogP contribution in [0.4, 0.5) is 11.4 Å². The van der Waals surface area contributed by atoms with Crippen LogP contribution in [-0.2, 0) is 9.59 Å². The highest BCUT2D eigenvalue weighted by Gasteiger charge is 2.35. The van der Waals surface area contributed by atoms with E-state index >= 15 is 0 Å². The van der Waals surface area contributed by atoms with Gasteiger partial charge < -0.3 is 24.6 Å². The number of likely N-dealkylation sites (N-methyl/N-ethyl adjacent to an activating group) is 1. The Balaban J connectivity index is 1.31. The molecular weight excluding hydrogens is 370 g/mol. The van der Waals surface area contributed by atoms with Crippen molar-refractivity contribution in [2.45, 2.75) is 6.42 Å². The maximum atomic E-state index is 12.6. The summed E-state index contributed by atoms with van der Waals surface area (Å²) in [7, 11) is 1.99. The van der Waals surface area contributed by atoms with Gasteiger partial charge >= 0.3 is 0 Å². The lowest BCUT2D eigenvalue weighted by Crippen LogP contribution is -2.37. The highest BCUT2D eigenvalue weighted by Crippen LogP contribution is 2.35. The predicted octanol–water partition coefficient (Wildman–Crippen LogP) is 2.06. The van der Waals surface area contributed by atoms with Gasteiger partial charge in [0.05, 0.1) is 5.92 Å². The van der Waals surface area contributed by atoms with Crippen molar-refractivity contribution in [2.24, 2.45) is 5.92 Å². The Kier molecular flexibility index (Phi) is 5.55. The van der Waals surface area contributed by atoms with E-state index in [1.165, 1.54) is 0 Å². The van der Waals surface area contributed by atoms with Crippen molar-refractivity contribution >= 4 is 23.2 Å². The van der Waals surface area contributed by atoms with Gasteiger partial charge in [-0.15, -0.1) is 0 Å². The number of fused-ring (bicyclic) bond motifs is 1. The standard InChI is InChI=1S/C22H25N3O4/c1-24(17-5-3-2-4-6-17)10-9-23-22(27)16-13-21(26)25(15-16)18-7-8-19-20(14-18)29-12-11-28-19/h2-8,14,16H,9-13,15H2,1H3,(H,23,27)/t16-/m0/s1. The van der Waals surface area contributed by atoms with E-state index in [1.54, 1.807) is 4.90 Å². The fourth-order valence-corrected chi connectivity index (χ4v) is 3.64. The van der Waals surface area contributed by atoms with Crippen molar-refractivity contribution in [1.29, 1.82) is 0 Å². The second-order valence-corrected chi connectivity index (χ2v) is 7.28. The van der Waals surface area contributed by atoms with Crippen LogP contribution in [0.1, 0.15) is 6.42 Å². The minimum Gasteiger partial charge on any atom is -0.486 e. The summed E-state index contributed by atoms with van der Waals surface area (Å²) in [5, 5.41) is 2.96. The van der Waals surface area contributed by atoms with Gasteiger partial charge in [-0.3, -0.25) is 9.59 Å². The van der Waals surface area contributed by atoms with Crippen molar-refractivity contribution < 1.29 is 19.1 Å². The second kappa shape index (κ2) is 8.43. The SMILES string of the molecule is CN(CCNC(=O)[C@H]1CC(=O)N(c2ccc3c(c2)OCCO3)C1)c1ccccc1. The smallest absolute Gasteiger partial charge is 0.227 e. The van der Waals surface area contributed by atoms with Gasteiger partial charge in [0.1, 0.15) is 13.2 Å². The predicted molar refractivity (Wildman–Crippen MR) is 111 cm³/mol. The van der Waals surface area contributed by atoms with Gasteiger partial charge in [-0.25, -0.2) is 0 Å². The maximum Gasteiger partial charge on any atom is 0.227 e. The van der Waals surface area contributed by atoms with Gasteiger partial charge in [0, 0.05) is 50.5 Å². The van der Waals surface area contributed by atoms with E-state index in [4.69, 9.17) is 9.47 Å². The first-order chi connectivity index (χ1) is 14.1. The average Bonchev–Trinajstić information content (AvgIpc) is 3.15. The highest BCUT2D eigenvalue weighted by atomic mass is 16.6. The van der Waals surface area contributed by atoms with Crippen molar-refractivity contribution in [2.75, 3.05) is 49.7 Å². The average molecular weight is 395 g/mol. The van der Waals surface area contributed by atoms with E-state index in [0.29, 0.717) is 44.3 Å². The number of benzene rings is 2. The van der Waals surface area contributed by atoms with Crippen molar-refractivity contribution in [3.8, 4) is 11.5 Å². The molecule has 2 amide bonds. The van der Waals surface area contributed by atoms with E-state index in [0.717, 1.165) is 11.4 Å². The Morgan fingerprint density at radius 1 is 1.14 bits per heavy atom. The Hall–Kier alpha value is -3.22. The van der Waals surface area contributed by atoms with Crippen molar-refractivity contribution in [3.05, 3.63) is 48.5 Å². The normalized spacial score (nSPS) is 17.9. The molecule has 0 aromatic heterocycles. The molecule has 2 aliphatic rings. The second-order valence-electron chi connectivity index (χ2n) is 7.28. The van der Waals surface area contributed by atoms with Crippen LogP contribution in [0.3, 0.4) is 0 Å². The number of para-hydroxylation sites is 1. The molecule has 0 radical (unpaired) electrons. The Bertz CT molecular complexity index is 887. The van der Waals surface area contributed by atoms with Crippen LogP contribution in [0.2, 0.25) is 0 Å².